The molecule has 1 saturated carbocycles. The zero-order valence-electron chi connectivity index (χ0n) is 16.1. The van der Waals surface area contributed by atoms with Crippen LogP contribution in [0.1, 0.15) is 36.8 Å². The standard InChI is InChI=1S/C21H26N2O4S/c1-15-10-12-17(13-11-15)28(25,26)23-19-8-4-3-7-18(19)22-14-16-6-5-9-20(27-2)21(16)24/h5-6,9-14,18-19,23-24H,3-4,7-8H2,1-2H3/t18-,19-/m0/s1. The van der Waals surface area contributed by atoms with Crippen LogP contribution in [0.3, 0.4) is 0 Å². The summed E-state index contributed by atoms with van der Waals surface area (Å²) in [5.41, 5.74) is 1.56. The van der Waals surface area contributed by atoms with E-state index in [1.165, 1.54) is 7.11 Å². The molecule has 0 aliphatic heterocycles. The normalized spacial score (nSPS) is 20.4. The van der Waals surface area contributed by atoms with Crippen LogP contribution < -0.4 is 9.46 Å². The number of phenolic OH excluding ortho intramolecular Hbond substituents is 1. The van der Waals surface area contributed by atoms with E-state index in [4.69, 9.17) is 4.74 Å². The van der Waals surface area contributed by atoms with Gasteiger partial charge in [0.2, 0.25) is 10.0 Å². The Morgan fingerprint density at radius 1 is 1.14 bits per heavy atom. The molecule has 0 heterocycles. The summed E-state index contributed by atoms with van der Waals surface area (Å²) in [7, 11) is -2.11. The number of aryl methyl sites for hydroxylation is 1. The molecule has 28 heavy (non-hydrogen) atoms. The molecule has 0 spiro atoms. The summed E-state index contributed by atoms with van der Waals surface area (Å²) in [5.74, 6) is 0.408. The second kappa shape index (κ2) is 8.75. The van der Waals surface area contributed by atoms with Crippen LogP contribution in [0.5, 0.6) is 11.5 Å². The average molecular weight is 403 g/mol. The Morgan fingerprint density at radius 3 is 2.57 bits per heavy atom. The predicted molar refractivity (Wildman–Crippen MR) is 110 cm³/mol. The maximum absolute atomic E-state index is 12.7. The van der Waals surface area contributed by atoms with Crippen molar-refractivity contribution in [1.29, 1.82) is 0 Å². The van der Waals surface area contributed by atoms with E-state index in [1.807, 2.05) is 6.92 Å². The number of sulfonamides is 1. The SMILES string of the molecule is COc1cccc(C=N[C@H]2CCCC[C@@H]2NS(=O)(=O)c2ccc(C)cc2)c1O. The Hall–Kier alpha value is -2.38. The molecule has 0 saturated heterocycles. The maximum Gasteiger partial charge on any atom is 0.240 e. The Bertz CT molecular complexity index is 939. The summed E-state index contributed by atoms with van der Waals surface area (Å²) < 4.78 is 33.4. The van der Waals surface area contributed by atoms with Crippen LogP contribution >= 0.6 is 0 Å². The van der Waals surface area contributed by atoms with Gasteiger partial charge in [-0.05, 0) is 44.0 Å². The van der Waals surface area contributed by atoms with Crippen molar-refractivity contribution in [3.8, 4) is 11.5 Å². The number of methoxy groups -OCH3 is 1. The Morgan fingerprint density at radius 2 is 1.86 bits per heavy atom. The fourth-order valence-corrected chi connectivity index (χ4v) is 4.70. The highest BCUT2D eigenvalue weighted by Gasteiger charge is 2.29. The first kappa shape index (κ1) is 20.4. The number of para-hydroxylation sites is 1. The molecular formula is C21H26N2O4S. The van der Waals surface area contributed by atoms with Gasteiger partial charge in [-0.25, -0.2) is 13.1 Å². The molecule has 3 rings (SSSR count). The van der Waals surface area contributed by atoms with Gasteiger partial charge in [0.1, 0.15) is 0 Å². The number of phenols is 1. The Labute approximate surface area is 166 Å². The molecule has 1 fully saturated rings. The van der Waals surface area contributed by atoms with Gasteiger partial charge in [-0.1, -0.05) is 36.6 Å². The minimum atomic E-state index is -3.60. The van der Waals surface area contributed by atoms with Crippen LogP contribution in [-0.2, 0) is 10.0 Å². The average Bonchev–Trinajstić information content (AvgIpc) is 2.68. The van der Waals surface area contributed by atoms with Gasteiger partial charge in [0, 0.05) is 17.8 Å². The maximum atomic E-state index is 12.7. The third kappa shape index (κ3) is 4.72. The highest BCUT2D eigenvalue weighted by Crippen LogP contribution is 2.29. The lowest BCUT2D eigenvalue weighted by Gasteiger charge is -2.29. The predicted octanol–water partition coefficient (Wildman–Crippen LogP) is 3.42. The van der Waals surface area contributed by atoms with E-state index < -0.39 is 10.0 Å². The lowest BCUT2D eigenvalue weighted by Crippen LogP contribution is -2.44. The summed E-state index contributed by atoms with van der Waals surface area (Å²) in [6, 6.07) is 11.6. The second-order valence-corrected chi connectivity index (χ2v) is 8.78. The monoisotopic (exact) mass is 402 g/mol. The van der Waals surface area contributed by atoms with Gasteiger partial charge >= 0.3 is 0 Å². The molecular weight excluding hydrogens is 376 g/mol. The smallest absolute Gasteiger partial charge is 0.240 e. The number of aliphatic imine (C=N–C) groups is 1. The van der Waals surface area contributed by atoms with Crippen molar-refractivity contribution in [3.05, 3.63) is 53.6 Å². The van der Waals surface area contributed by atoms with Crippen molar-refractivity contribution < 1.29 is 18.3 Å². The summed E-state index contributed by atoms with van der Waals surface area (Å²) in [6.07, 6.45) is 5.08. The van der Waals surface area contributed by atoms with Gasteiger partial charge in [0.05, 0.1) is 18.0 Å². The van der Waals surface area contributed by atoms with Crippen LogP contribution in [0, 0.1) is 6.92 Å². The van der Waals surface area contributed by atoms with Crippen LogP contribution in [0.4, 0.5) is 0 Å². The second-order valence-electron chi connectivity index (χ2n) is 7.07. The van der Waals surface area contributed by atoms with Crippen molar-refractivity contribution in [2.75, 3.05) is 7.11 Å². The van der Waals surface area contributed by atoms with Crippen LogP contribution in [-0.4, -0.2) is 38.9 Å². The fourth-order valence-electron chi connectivity index (χ4n) is 3.40. The van der Waals surface area contributed by atoms with E-state index in [-0.39, 0.29) is 22.7 Å². The lowest BCUT2D eigenvalue weighted by atomic mass is 9.91. The van der Waals surface area contributed by atoms with Gasteiger partial charge in [-0.15, -0.1) is 0 Å². The van der Waals surface area contributed by atoms with Gasteiger partial charge in [0.15, 0.2) is 11.5 Å². The first-order valence-electron chi connectivity index (χ1n) is 9.39. The van der Waals surface area contributed by atoms with Crippen LogP contribution in [0.15, 0.2) is 52.4 Å². The minimum absolute atomic E-state index is 0.0290. The molecule has 150 valence electrons. The van der Waals surface area contributed by atoms with Crippen molar-refractivity contribution >= 4 is 16.2 Å². The zero-order chi connectivity index (χ0) is 20.1. The van der Waals surface area contributed by atoms with E-state index in [2.05, 4.69) is 9.71 Å². The van der Waals surface area contributed by atoms with Crippen molar-refractivity contribution in [1.82, 2.24) is 4.72 Å². The highest BCUT2D eigenvalue weighted by molar-refractivity contribution is 7.89. The van der Waals surface area contributed by atoms with E-state index in [9.17, 15) is 13.5 Å². The zero-order valence-corrected chi connectivity index (χ0v) is 16.9. The van der Waals surface area contributed by atoms with E-state index in [0.717, 1.165) is 31.2 Å². The van der Waals surface area contributed by atoms with Crippen molar-refractivity contribution in [3.63, 3.8) is 0 Å². The van der Waals surface area contributed by atoms with Gasteiger partial charge in [-0.2, -0.15) is 0 Å². The largest absolute Gasteiger partial charge is 0.504 e. The van der Waals surface area contributed by atoms with Gasteiger partial charge in [-0.3, -0.25) is 4.99 Å². The highest BCUT2D eigenvalue weighted by atomic mass is 32.2. The Balaban J connectivity index is 1.78. The molecule has 0 amide bonds. The van der Waals surface area contributed by atoms with E-state index in [0.29, 0.717) is 11.3 Å². The fraction of sp³-hybridized carbons (Fsp3) is 0.381. The number of aromatic hydroxyl groups is 1. The van der Waals surface area contributed by atoms with Crippen molar-refractivity contribution in [2.45, 2.75) is 49.6 Å². The summed E-state index contributed by atoms with van der Waals surface area (Å²) in [4.78, 5) is 4.86. The minimum Gasteiger partial charge on any atom is -0.504 e. The van der Waals surface area contributed by atoms with Gasteiger partial charge in [0.25, 0.3) is 0 Å². The summed E-state index contributed by atoms with van der Waals surface area (Å²) >= 11 is 0. The molecule has 0 aromatic heterocycles. The number of nitrogens with one attached hydrogen (secondary N) is 1. The number of hydrogen-bond donors (Lipinski definition) is 2. The van der Waals surface area contributed by atoms with Gasteiger partial charge < -0.3 is 9.84 Å². The first-order chi connectivity index (χ1) is 13.4. The quantitative estimate of drug-likeness (QED) is 0.725. The van der Waals surface area contributed by atoms with E-state index >= 15 is 0 Å². The molecule has 6 nitrogen and oxygen atoms in total. The molecule has 7 heteroatoms. The van der Waals surface area contributed by atoms with Crippen LogP contribution in [0.2, 0.25) is 0 Å². The molecule has 0 unspecified atom stereocenters. The number of nitrogens with zero attached hydrogens (tertiary/aromatic N) is 1. The topological polar surface area (TPSA) is 88.0 Å². The molecule has 2 aromatic carbocycles. The third-order valence-corrected chi connectivity index (χ3v) is 6.53. The van der Waals surface area contributed by atoms with E-state index in [1.54, 1.807) is 48.7 Å². The molecule has 2 N–H and O–H groups in total. The third-order valence-electron chi connectivity index (χ3n) is 5.02. The number of benzene rings is 2. The molecule has 0 radical (unpaired) electrons. The Kier molecular flexibility index (Phi) is 6.36. The molecule has 1 aliphatic rings. The lowest BCUT2D eigenvalue weighted by molar-refractivity contribution is 0.363. The number of ether oxygens (including phenoxy) is 1. The summed E-state index contributed by atoms with van der Waals surface area (Å²) in [5, 5.41) is 10.2. The van der Waals surface area contributed by atoms with Crippen molar-refractivity contribution in [2.24, 2.45) is 4.99 Å². The van der Waals surface area contributed by atoms with Crippen LogP contribution in [0.25, 0.3) is 0 Å². The summed E-state index contributed by atoms with van der Waals surface area (Å²) in [6.45, 7) is 1.92. The molecule has 2 aromatic rings. The first-order valence-corrected chi connectivity index (χ1v) is 10.9. The molecule has 0 bridgehead atoms. The number of hydrogen-bond acceptors (Lipinski definition) is 5. The molecule has 1 aliphatic carbocycles. The number of rotatable bonds is 6. The molecule has 2 atom stereocenters.